The Bertz CT molecular complexity index is 322. The third-order valence-electron chi connectivity index (χ3n) is 3.08. The van der Waals surface area contributed by atoms with Crippen LogP contribution in [0.4, 0.5) is 0 Å². The molecular weight excluding hydrogens is 244 g/mol. The first kappa shape index (κ1) is 12.2. The van der Waals surface area contributed by atoms with Crippen LogP contribution >= 0.6 is 22.9 Å². The van der Waals surface area contributed by atoms with Crippen LogP contribution in [-0.4, -0.2) is 34.7 Å². The van der Waals surface area contributed by atoms with Gasteiger partial charge in [-0.2, -0.15) is 0 Å². The van der Waals surface area contributed by atoms with Crippen molar-refractivity contribution in [3.05, 3.63) is 9.47 Å². The second kappa shape index (κ2) is 5.91. The van der Waals surface area contributed by atoms with Crippen molar-refractivity contribution in [3.8, 4) is 0 Å². The fourth-order valence-corrected chi connectivity index (χ4v) is 3.07. The second-order valence-corrected chi connectivity index (χ2v) is 5.89. The van der Waals surface area contributed by atoms with E-state index in [9.17, 15) is 0 Å². The summed E-state index contributed by atoms with van der Waals surface area (Å²) >= 11 is 7.23. The topological polar surface area (TPSA) is 55.0 Å². The molecule has 2 N–H and O–H groups in total. The van der Waals surface area contributed by atoms with Crippen molar-refractivity contribution in [3.63, 3.8) is 0 Å². The zero-order valence-corrected chi connectivity index (χ0v) is 10.8. The second-order valence-electron chi connectivity index (χ2n) is 4.25. The fraction of sp³-hybridized carbons (Fsp3) is 0.800. The summed E-state index contributed by atoms with van der Waals surface area (Å²) in [5, 5.41) is 8.87. The van der Waals surface area contributed by atoms with Crippen LogP contribution in [0.15, 0.2) is 0 Å². The molecule has 0 unspecified atom stereocenters. The molecule has 0 atom stereocenters. The lowest BCUT2D eigenvalue weighted by molar-refractivity contribution is 0.173. The molecule has 0 aromatic carbocycles. The van der Waals surface area contributed by atoms with E-state index in [1.165, 1.54) is 30.6 Å². The highest BCUT2D eigenvalue weighted by Gasteiger charge is 2.19. The highest BCUT2D eigenvalue weighted by atomic mass is 35.5. The Labute approximate surface area is 105 Å². The van der Waals surface area contributed by atoms with Crippen molar-refractivity contribution in [1.82, 2.24) is 15.1 Å². The summed E-state index contributed by atoms with van der Waals surface area (Å²) in [5.74, 6) is 0.819. The minimum atomic E-state index is 0.535. The van der Waals surface area contributed by atoms with Crippen LogP contribution in [0.5, 0.6) is 0 Å². The molecule has 0 amide bonds. The number of hydrogen-bond donors (Lipinski definition) is 1. The molecule has 1 saturated heterocycles. The van der Waals surface area contributed by atoms with E-state index in [1.54, 1.807) is 0 Å². The molecule has 0 aliphatic carbocycles. The van der Waals surface area contributed by atoms with Gasteiger partial charge in [-0.15, -0.1) is 10.2 Å². The number of piperidine rings is 1. The smallest absolute Gasteiger partial charge is 0.207 e. The maximum absolute atomic E-state index is 5.76. The van der Waals surface area contributed by atoms with Gasteiger partial charge in [-0.3, -0.25) is 4.90 Å². The first-order chi connectivity index (χ1) is 7.78. The van der Waals surface area contributed by atoms with E-state index in [2.05, 4.69) is 15.1 Å². The van der Waals surface area contributed by atoms with Crippen molar-refractivity contribution in [2.75, 3.05) is 19.6 Å². The van der Waals surface area contributed by atoms with Gasteiger partial charge in [0.15, 0.2) is 0 Å². The van der Waals surface area contributed by atoms with Crippen molar-refractivity contribution in [2.45, 2.75) is 25.8 Å². The molecule has 1 aromatic heterocycles. The number of aromatic nitrogens is 2. The van der Waals surface area contributed by atoms with E-state index in [1.807, 2.05) is 0 Å². The SMILES string of the molecule is NCCC1CCN(Cc2nnc(Cl)s2)CC1. The normalized spacial score (nSPS) is 19.1. The van der Waals surface area contributed by atoms with E-state index in [4.69, 9.17) is 17.3 Å². The fourth-order valence-electron chi connectivity index (χ4n) is 2.16. The van der Waals surface area contributed by atoms with Gasteiger partial charge in [-0.25, -0.2) is 0 Å². The van der Waals surface area contributed by atoms with Gasteiger partial charge in [0.2, 0.25) is 4.47 Å². The zero-order valence-electron chi connectivity index (χ0n) is 9.23. The molecule has 16 heavy (non-hydrogen) atoms. The summed E-state index contributed by atoms with van der Waals surface area (Å²) in [6, 6.07) is 0. The number of nitrogens with zero attached hydrogens (tertiary/aromatic N) is 3. The first-order valence-electron chi connectivity index (χ1n) is 5.68. The highest BCUT2D eigenvalue weighted by molar-refractivity contribution is 7.15. The van der Waals surface area contributed by atoms with Crippen molar-refractivity contribution >= 4 is 22.9 Å². The van der Waals surface area contributed by atoms with Crippen LogP contribution in [0.1, 0.15) is 24.3 Å². The summed E-state index contributed by atoms with van der Waals surface area (Å²) in [7, 11) is 0. The molecule has 6 heteroatoms. The Morgan fingerprint density at radius 1 is 1.38 bits per heavy atom. The van der Waals surface area contributed by atoms with Crippen molar-refractivity contribution in [2.24, 2.45) is 11.7 Å². The minimum absolute atomic E-state index is 0.535. The van der Waals surface area contributed by atoms with Gasteiger partial charge in [0.1, 0.15) is 5.01 Å². The van der Waals surface area contributed by atoms with Gasteiger partial charge in [0.25, 0.3) is 0 Å². The van der Waals surface area contributed by atoms with Crippen LogP contribution in [-0.2, 0) is 6.54 Å². The molecule has 4 nitrogen and oxygen atoms in total. The quantitative estimate of drug-likeness (QED) is 0.896. The highest BCUT2D eigenvalue weighted by Crippen LogP contribution is 2.22. The van der Waals surface area contributed by atoms with Crippen LogP contribution in [0.2, 0.25) is 4.47 Å². The third kappa shape index (κ3) is 3.38. The van der Waals surface area contributed by atoms with Crippen LogP contribution in [0.3, 0.4) is 0 Å². The van der Waals surface area contributed by atoms with Gasteiger partial charge in [0.05, 0.1) is 6.54 Å². The van der Waals surface area contributed by atoms with E-state index < -0.39 is 0 Å². The molecule has 1 aliphatic rings. The Balaban J connectivity index is 1.77. The third-order valence-corrected chi connectivity index (χ3v) is 4.09. The summed E-state index contributed by atoms with van der Waals surface area (Å²) in [6.45, 7) is 3.99. The molecule has 2 heterocycles. The molecule has 0 spiro atoms. The maximum Gasteiger partial charge on any atom is 0.207 e. The summed E-state index contributed by atoms with van der Waals surface area (Å²) < 4.78 is 0.535. The Morgan fingerprint density at radius 2 is 2.12 bits per heavy atom. The first-order valence-corrected chi connectivity index (χ1v) is 6.87. The van der Waals surface area contributed by atoms with E-state index in [0.717, 1.165) is 37.1 Å². The number of likely N-dealkylation sites (tertiary alicyclic amines) is 1. The Kier molecular flexibility index (Phi) is 4.52. The Hall–Kier alpha value is -0.230. The van der Waals surface area contributed by atoms with Crippen LogP contribution in [0, 0.1) is 5.92 Å². The predicted molar refractivity (Wildman–Crippen MR) is 66.6 cm³/mol. The monoisotopic (exact) mass is 260 g/mol. The number of rotatable bonds is 4. The zero-order chi connectivity index (χ0) is 11.4. The maximum atomic E-state index is 5.76. The standard InChI is InChI=1S/C10H17ClN4S/c11-10-14-13-9(16-10)7-15-5-2-8(1-4-12)3-6-15/h8H,1-7,12H2. The van der Waals surface area contributed by atoms with Crippen LogP contribution in [0.25, 0.3) is 0 Å². The van der Waals surface area contributed by atoms with Gasteiger partial charge in [-0.1, -0.05) is 11.3 Å². The average Bonchev–Trinajstić information content (AvgIpc) is 2.67. The predicted octanol–water partition coefficient (Wildman–Crippen LogP) is 1.75. The van der Waals surface area contributed by atoms with Gasteiger partial charge in [0, 0.05) is 0 Å². The minimum Gasteiger partial charge on any atom is -0.330 e. The van der Waals surface area contributed by atoms with E-state index in [-0.39, 0.29) is 0 Å². The van der Waals surface area contributed by atoms with Gasteiger partial charge in [-0.05, 0) is 56.4 Å². The number of halogens is 1. The molecule has 0 radical (unpaired) electrons. The largest absolute Gasteiger partial charge is 0.330 e. The summed E-state index contributed by atoms with van der Waals surface area (Å²) in [5.41, 5.74) is 5.58. The molecule has 1 fully saturated rings. The Morgan fingerprint density at radius 3 is 2.69 bits per heavy atom. The lowest BCUT2D eigenvalue weighted by atomic mass is 9.94. The van der Waals surface area contributed by atoms with Crippen LogP contribution < -0.4 is 5.73 Å². The van der Waals surface area contributed by atoms with Gasteiger partial charge < -0.3 is 5.73 Å². The van der Waals surface area contributed by atoms with Gasteiger partial charge >= 0.3 is 0 Å². The van der Waals surface area contributed by atoms with Crippen molar-refractivity contribution in [1.29, 1.82) is 0 Å². The molecular formula is C10H17ClN4S. The molecule has 90 valence electrons. The average molecular weight is 261 g/mol. The van der Waals surface area contributed by atoms with Crippen molar-refractivity contribution < 1.29 is 0 Å². The lowest BCUT2D eigenvalue weighted by Gasteiger charge is -2.30. The summed E-state index contributed by atoms with van der Waals surface area (Å²) in [6.07, 6.45) is 3.67. The molecule has 0 saturated carbocycles. The summed E-state index contributed by atoms with van der Waals surface area (Å²) in [4.78, 5) is 2.42. The molecule has 1 aliphatic heterocycles. The number of hydrogen-bond acceptors (Lipinski definition) is 5. The molecule has 2 rings (SSSR count). The molecule has 1 aromatic rings. The van der Waals surface area contributed by atoms with E-state index >= 15 is 0 Å². The molecule has 0 bridgehead atoms. The number of nitrogens with two attached hydrogens (primary N) is 1. The lowest BCUT2D eigenvalue weighted by Crippen LogP contribution is -2.33. The van der Waals surface area contributed by atoms with E-state index in [0.29, 0.717) is 4.47 Å².